The molecule has 54 heteroatoms. The number of carbonyl (C=O) groups excluding carboxylic acids is 2. The van der Waals surface area contributed by atoms with Crippen LogP contribution in [-0.2, 0) is 104 Å². The summed E-state index contributed by atoms with van der Waals surface area (Å²) in [4.78, 5) is 111. The lowest BCUT2D eigenvalue weighted by Gasteiger charge is -2.29. The molecule has 0 spiro atoms. The van der Waals surface area contributed by atoms with Gasteiger partial charge in [0.05, 0.1) is 81.2 Å². The SMILES string of the molecule is CC(C)C(=O)Nc1nc2c(ncn2[C@@H]2O[C@@H]3COP(=S)(OCCC#N)O[C@H]4C[C@H](n5ccc6c(NC(=O)c7ccccc7)ncnc65)O[C@@H]4COP(O)(=S)O[C@@H]2[C@@H]3F)c(=O)[nH]1.CCO.CN.N.N.N.Nc1nc2c(ncn2[C@@H]2O[C@@H]3COP(O)(=S)O[C@H]4C[C@H](n5ccc6c(N)ncnc65)O[C@@H]4COP(=O)(S)O[C@@H]2[C@@H]3F)c(=O)[nH]1. The predicted octanol–water partition coefficient (Wildman–Crippen LogP) is 5.51. The lowest BCUT2D eigenvalue weighted by atomic mass is 10.1. The summed E-state index contributed by atoms with van der Waals surface area (Å²) >= 11 is 20.5. The smallest absolute Gasteiger partial charge is 0.386 e. The highest BCUT2D eigenvalue weighted by molar-refractivity contribution is 8.44. The van der Waals surface area contributed by atoms with Crippen LogP contribution in [0.25, 0.3) is 44.4 Å². The van der Waals surface area contributed by atoms with Crippen molar-refractivity contribution in [2.75, 3.05) is 68.8 Å². The molecule has 22 N–H and O–H groups in total. The topological polar surface area (TPSA) is 651 Å². The number of ether oxygens (including phenoxy) is 4. The van der Waals surface area contributed by atoms with Gasteiger partial charge in [0.2, 0.25) is 17.8 Å². The van der Waals surface area contributed by atoms with E-state index in [0.717, 1.165) is 12.7 Å². The molecule has 0 radical (unpaired) electrons. The van der Waals surface area contributed by atoms with Gasteiger partial charge >= 0.3 is 27.0 Å². The lowest BCUT2D eigenvalue weighted by Crippen LogP contribution is -2.32. The molecular formula is C59H81F2N23O21P4S4. The molecular weight excluding hydrogens is 1660 g/mol. The van der Waals surface area contributed by atoms with E-state index < -0.39 is 162 Å². The maximum absolute atomic E-state index is 16.5. The number of imidazole rings is 2. The summed E-state index contributed by atoms with van der Waals surface area (Å²) in [5.41, 5.74) is 15.7. The third kappa shape index (κ3) is 20.1. The molecule has 4 unspecified atom stereocenters. The zero-order valence-electron chi connectivity index (χ0n) is 60.1. The Morgan fingerprint density at radius 3 is 1.79 bits per heavy atom. The van der Waals surface area contributed by atoms with E-state index in [4.69, 9.17) is 112 Å². The Bertz CT molecular complexity index is 5230. The average Bonchev–Trinajstić information content (AvgIpc) is 1.61. The normalized spacial score (nSPS) is 30.3. The van der Waals surface area contributed by atoms with E-state index in [1.807, 2.05) is 6.07 Å². The number of nitrogen functional groups attached to an aromatic ring is 2. The number of nitrogens with one attached hydrogen (secondary N) is 4. The molecule has 6 aliphatic heterocycles. The van der Waals surface area contributed by atoms with Crippen molar-refractivity contribution in [3.05, 3.63) is 106 Å². The van der Waals surface area contributed by atoms with Gasteiger partial charge in [-0.1, -0.05) is 44.3 Å². The molecule has 0 aliphatic carbocycles. The number of aliphatic hydroxyl groups excluding tert-OH is 1. The van der Waals surface area contributed by atoms with Crippen LogP contribution in [-0.4, -0.2) is 203 Å². The van der Waals surface area contributed by atoms with Gasteiger partial charge in [-0.05, 0) is 73.7 Å². The largest absolute Gasteiger partial charge is 0.397 e. The minimum absolute atomic E-state index is 0. The molecule has 14 heterocycles. The van der Waals surface area contributed by atoms with Crippen LogP contribution in [0.5, 0.6) is 0 Å². The number of H-pyrrole nitrogens is 2. The molecule has 8 aromatic heterocycles. The first-order chi connectivity index (χ1) is 52.5. The molecule has 15 rings (SSSR count). The number of rotatable bonds is 11. The number of aromatic nitrogens is 14. The van der Waals surface area contributed by atoms with Crippen molar-refractivity contribution < 1.29 is 97.5 Å². The van der Waals surface area contributed by atoms with Crippen molar-refractivity contribution in [1.82, 2.24) is 86.6 Å². The number of nitrogens with zero attached hydrogens (tertiary/aromatic N) is 13. The Kier molecular flexibility index (Phi) is 30.0. The second kappa shape index (κ2) is 37.8. The van der Waals surface area contributed by atoms with Gasteiger partial charge in [-0.15, -0.1) is 0 Å². The summed E-state index contributed by atoms with van der Waals surface area (Å²) in [6, 6.07) is 14.0. The Balaban J connectivity index is 0.000000249. The monoisotopic (exact) mass is 1740 g/mol. The zero-order chi connectivity index (χ0) is 78.7. The Morgan fingerprint density at radius 2 is 1.19 bits per heavy atom. The van der Waals surface area contributed by atoms with E-state index in [9.17, 15) is 38.8 Å². The fourth-order valence-corrected chi connectivity index (χ4v) is 18.6. The molecule has 44 nitrogen and oxygen atoms in total. The second-order valence-electron chi connectivity index (χ2n) is 24.6. The summed E-state index contributed by atoms with van der Waals surface area (Å²) in [5, 5.41) is 23.3. The second-order valence-corrected chi connectivity index (χ2v) is 36.1. The molecule has 6 fully saturated rings. The third-order valence-electron chi connectivity index (χ3n) is 17.1. The molecule has 4 bridgehead atoms. The molecule has 2 amide bonds. The number of amides is 2. The molecule has 6 aliphatic rings. The van der Waals surface area contributed by atoms with Crippen LogP contribution in [0.2, 0.25) is 0 Å². The molecule has 9 aromatic rings. The average molecular weight is 1740 g/mol. The fraction of sp³-hybridized carbons (Fsp3) is 0.475. The van der Waals surface area contributed by atoms with Gasteiger partial charge in [0.15, 0.2) is 47.1 Å². The number of thiol groups is 1. The van der Waals surface area contributed by atoms with Gasteiger partial charge in [0.1, 0.15) is 84.7 Å². The molecule has 113 heavy (non-hydrogen) atoms. The summed E-state index contributed by atoms with van der Waals surface area (Å²) in [6.07, 6.45) is -9.94. The summed E-state index contributed by atoms with van der Waals surface area (Å²) in [6.45, 7) is -13.5. The van der Waals surface area contributed by atoms with Crippen LogP contribution in [0.3, 0.4) is 0 Å². The Labute approximate surface area is 659 Å². The van der Waals surface area contributed by atoms with Gasteiger partial charge in [-0.2, -0.15) is 15.2 Å². The van der Waals surface area contributed by atoms with E-state index in [0.29, 0.717) is 27.6 Å². The van der Waals surface area contributed by atoms with Crippen LogP contribution in [0.4, 0.5) is 32.3 Å². The fourth-order valence-electron chi connectivity index (χ4n) is 12.2. The number of benzene rings is 1. The first-order valence-electron chi connectivity index (χ1n) is 33.3. The quantitative estimate of drug-likeness (QED) is 0.0431. The number of nitrogens with two attached hydrogens (primary N) is 3. The van der Waals surface area contributed by atoms with Crippen LogP contribution in [0.1, 0.15) is 75.3 Å². The maximum atomic E-state index is 16.5. The maximum Gasteiger partial charge on any atom is 0.386 e. The number of aromatic amines is 2. The third-order valence-corrected chi connectivity index (χ3v) is 24.3. The molecule has 0 saturated carbocycles. The number of aliphatic hydroxyl groups is 1. The van der Waals surface area contributed by atoms with Crippen LogP contribution in [0, 0.1) is 17.2 Å². The first-order valence-corrected chi connectivity index (χ1v) is 43.7. The van der Waals surface area contributed by atoms with Gasteiger partial charge in [-0.3, -0.25) is 57.2 Å². The minimum atomic E-state index is -4.35. The highest BCUT2D eigenvalue weighted by atomic mass is 32.7. The number of hydrogen-bond acceptors (Lipinski definition) is 37. The Morgan fingerprint density at radius 1 is 0.681 bits per heavy atom. The van der Waals surface area contributed by atoms with Crippen LogP contribution >= 0.6 is 39.2 Å². The molecule has 18 atom stereocenters. The van der Waals surface area contributed by atoms with Gasteiger partial charge in [0.25, 0.3) is 17.0 Å². The van der Waals surface area contributed by atoms with Crippen molar-refractivity contribution in [2.24, 2.45) is 11.7 Å². The first kappa shape index (κ1) is 89.7. The lowest BCUT2D eigenvalue weighted by molar-refractivity contribution is -0.119. The van der Waals surface area contributed by atoms with E-state index in [2.05, 4.69) is 78.5 Å². The van der Waals surface area contributed by atoms with E-state index >= 15 is 8.78 Å². The van der Waals surface area contributed by atoms with Gasteiger partial charge < -0.3 is 111 Å². The van der Waals surface area contributed by atoms with E-state index in [1.165, 1.54) is 28.8 Å². The molecule has 1 aromatic carbocycles. The van der Waals surface area contributed by atoms with Gasteiger partial charge in [0, 0.05) is 43.3 Å². The summed E-state index contributed by atoms with van der Waals surface area (Å²) in [5.74, 6) is -1.14. The standard InChI is InChI=1S/C35H37FN10O11P2S2.C21H24FN9O9P2S2.C2H6O.CH5N.3H3N/c1-18(2)31(47)43-35-42-30-26(33(49)44-35)40-17-46(30)34-27-25(36)23(55-34)15-53-59(61,51-12-6-10-37)56-21-13-24(54-22(21)14-52-58(50,60)57-27)45-11-9-20-28(38-16-39-29(20)45)41-32(48)19-7-4-3-5-8-19;22-13-11-5-36-41(33,43)39-9-3-12(30-2-1-8-16(23)25-6-26-17(8)30)37-10(9)4-35-42(34,44)40-15(13)20(38-11)31-7-27-14-18(31)28-21(24)29-19(14)32;1-2-3;1-2;;;/h3-5,7-9,11,16-18,21-25,27,34H,6,12-15H2,1-2H3,(H,50,60)(H,38,39,41,48)(H2,42,43,44,47,49);1-2,6-7,9-13,15,20H,3-5H2,(H,33,43)(H,34,44)(H2,23,25,26)(H3,24,28,29,32);3H,2H2,1H3;2H2,1H3;3*1H3/t21-,22+,23+,24+,25+,27+,34+,58?,59?;9-,10+,11+,12+,13+,15+,20+,41?,42?;;;;;/m00...../s1. The summed E-state index contributed by atoms with van der Waals surface area (Å²) < 4.78 is 129. The number of anilines is 4. The predicted molar refractivity (Wildman–Crippen MR) is 414 cm³/mol. The van der Waals surface area contributed by atoms with E-state index in [1.54, 1.807) is 84.8 Å². The van der Waals surface area contributed by atoms with E-state index in [-0.39, 0.29) is 103 Å². The molecule has 616 valence electrons. The van der Waals surface area contributed by atoms with Crippen LogP contribution < -0.4 is 57.4 Å². The highest BCUT2D eigenvalue weighted by Gasteiger charge is 2.54. The zero-order valence-corrected chi connectivity index (χ0v) is 67.0. The number of fused-ring (bicyclic) bond motifs is 10. The number of halogens is 2. The Hall–Kier alpha value is -7.22. The number of alkyl halides is 2. The summed E-state index contributed by atoms with van der Waals surface area (Å²) in [7, 11) is 1.50. The highest BCUT2D eigenvalue weighted by Crippen LogP contribution is 2.60. The van der Waals surface area contributed by atoms with Crippen molar-refractivity contribution in [2.45, 2.75) is 126 Å². The van der Waals surface area contributed by atoms with Crippen molar-refractivity contribution in [3.63, 3.8) is 0 Å². The number of nitriles is 1. The van der Waals surface area contributed by atoms with Gasteiger partial charge in [-0.25, -0.2) is 43.2 Å². The van der Waals surface area contributed by atoms with Crippen molar-refractivity contribution in [1.29, 1.82) is 5.26 Å². The molecule has 6 saturated heterocycles. The van der Waals surface area contributed by atoms with Crippen molar-refractivity contribution >= 4 is 154 Å². The number of hydrogen-bond donors (Lipinski definition) is 14. The van der Waals surface area contributed by atoms with Crippen LogP contribution in [0.15, 0.2) is 89.8 Å². The minimum Gasteiger partial charge on any atom is -0.397 e. The van der Waals surface area contributed by atoms with Crippen molar-refractivity contribution in [3.8, 4) is 6.07 Å². The number of carbonyl (C=O) groups is 2.